The van der Waals surface area contributed by atoms with Gasteiger partial charge in [-0.25, -0.2) is 8.78 Å². The first-order valence-corrected chi connectivity index (χ1v) is 6.08. The van der Waals surface area contributed by atoms with Gasteiger partial charge >= 0.3 is 0 Å². The third-order valence-electron chi connectivity index (χ3n) is 2.79. The normalized spacial score (nSPS) is 11.7. The van der Waals surface area contributed by atoms with Gasteiger partial charge in [-0.2, -0.15) is 4.98 Å². The molecule has 0 saturated carbocycles. The van der Waals surface area contributed by atoms with Crippen LogP contribution in [0.15, 0.2) is 22.7 Å². The first-order chi connectivity index (χ1) is 9.27. The fourth-order valence-corrected chi connectivity index (χ4v) is 1.48. The number of carbonyl (C=O) groups is 1. The topological polar surface area (TPSA) is 56.0 Å². The summed E-state index contributed by atoms with van der Waals surface area (Å²) in [6, 6.07) is 3.31. The zero-order valence-corrected chi connectivity index (χ0v) is 11.4. The van der Waals surface area contributed by atoms with E-state index in [2.05, 4.69) is 10.1 Å². The molecule has 2 rings (SSSR count). The number of hydrogen-bond acceptors (Lipinski definition) is 4. The lowest BCUT2D eigenvalue weighted by Gasteiger charge is -2.14. The molecular formula is C14H14F2N2O2. The molecule has 0 fully saturated rings. The molecule has 0 bridgehead atoms. The van der Waals surface area contributed by atoms with Crippen LogP contribution in [0.3, 0.4) is 0 Å². The first kappa shape index (κ1) is 14.3. The van der Waals surface area contributed by atoms with Crippen LogP contribution in [0.25, 0.3) is 11.4 Å². The summed E-state index contributed by atoms with van der Waals surface area (Å²) in [6.07, 6.45) is 0.0141. The molecule has 0 radical (unpaired) electrons. The Kier molecular flexibility index (Phi) is 3.65. The number of Topliss-reactive ketones (excluding diaryl/α,β-unsaturated/α-hetero) is 1. The van der Waals surface area contributed by atoms with Gasteiger partial charge in [-0.05, 0) is 18.2 Å². The summed E-state index contributed by atoms with van der Waals surface area (Å²) in [5.74, 6) is -1.69. The molecule has 0 spiro atoms. The molecule has 4 nitrogen and oxygen atoms in total. The number of nitrogens with zero attached hydrogens (tertiary/aromatic N) is 2. The number of hydrogen-bond donors (Lipinski definition) is 0. The molecule has 0 N–H and O–H groups in total. The highest BCUT2D eigenvalue weighted by atomic mass is 19.2. The van der Waals surface area contributed by atoms with Crippen LogP contribution >= 0.6 is 0 Å². The Labute approximate surface area is 114 Å². The predicted octanol–water partition coefficient (Wildman–Crippen LogP) is 3.17. The van der Waals surface area contributed by atoms with Gasteiger partial charge in [0, 0.05) is 11.0 Å². The molecule has 2 aromatic rings. The molecule has 0 saturated heterocycles. The van der Waals surface area contributed by atoms with E-state index in [1.165, 1.54) is 6.07 Å². The van der Waals surface area contributed by atoms with Crippen molar-refractivity contribution >= 4 is 5.78 Å². The molecule has 0 aliphatic rings. The van der Waals surface area contributed by atoms with E-state index < -0.39 is 17.0 Å². The van der Waals surface area contributed by atoms with E-state index in [1.807, 2.05) is 0 Å². The maximum Gasteiger partial charge on any atom is 0.234 e. The quantitative estimate of drug-likeness (QED) is 0.866. The van der Waals surface area contributed by atoms with Gasteiger partial charge in [-0.3, -0.25) is 4.79 Å². The summed E-state index contributed by atoms with van der Waals surface area (Å²) < 4.78 is 30.9. The van der Waals surface area contributed by atoms with E-state index in [-0.39, 0.29) is 23.9 Å². The molecule has 0 amide bonds. The van der Waals surface area contributed by atoms with Crippen LogP contribution < -0.4 is 0 Å². The van der Waals surface area contributed by atoms with Crippen molar-refractivity contribution in [2.75, 3.05) is 0 Å². The lowest BCUT2D eigenvalue weighted by atomic mass is 9.89. The second-order valence-corrected chi connectivity index (χ2v) is 5.49. The minimum Gasteiger partial charge on any atom is -0.339 e. The first-order valence-electron chi connectivity index (χ1n) is 6.08. The maximum atomic E-state index is 13.1. The van der Waals surface area contributed by atoms with Crippen molar-refractivity contribution in [3.63, 3.8) is 0 Å². The zero-order valence-electron chi connectivity index (χ0n) is 11.4. The average Bonchev–Trinajstić information content (AvgIpc) is 2.80. The molecule has 0 aliphatic heterocycles. The standard InChI is InChI=1S/C14H14F2N2O2/c1-14(2,3)11(19)7-12-17-13(18-20-12)8-4-5-9(15)10(16)6-8/h4-6H,7H2,1-3H3. The molecular weight excluding hydrogens is 266 g/mol. The van der Waals surface area contributed by atoms with Gasteiger partial charge in [0.15, 0.2) is 11.6 Å². The summed E-state index contributed by atoms with van der Waals surface area (Å²) in [6.45, 7) is 5.38. The van der Waals surface area contributed by atoms with Gasteiger partial charge in [-0.15, -0.1) is 0 Å². The molecule has 106 valence electrons. The molecule has 0 unspecified atom stereocenters. The Bertz CT molecular complexity index is 645. The molecule has 6 heteroatoms. The minimum atomic E-state index is -0.986. The Morgan fingerprint density at radius 3 is 2.55 bits per heavy atom. The van der Waals surface area contributed by atoms with Gasteiger partial charge in [0.2, 0.25) is 11.7 Å². The van der Waals surface area contributed by atoms with Crippen molar-refractivity contribution in [2.24, 2.45) is 5.41 Å². The summed E-state index contributed by atoms with van der Waals surface area (Å²) in [5.41, 5.74) is -0.210. The van der Waals surface area contributed by atoms with E-state index in [1.54, 1.807) is 20.8 Å². The summed E-state index contributed by atoms with van der Waals surface area (Å²) in [4.78, 5) is 15.9. The predicted molar refractivity (Wildman–Crippen MR) is 67.8 cm³/mol. The van der Waals surface area contributed by atoms with E-state index >= 15 is 0 Å². The summed E-state index contributed by atoms with van der Waals surface area (Å²) >= 11 is 0. The number of aromatic nitrogens is 2. The highest BCUT2D eigenvalue weighted by Crippen LogP contribution is 2.21. The minimum absolute atomic E-state index is 0.0141. The summed E-state index contributed by atoms with van der Waals surface area (Å²) in [5, 5.41) is 3.66. The van der Waals surface area contributed by atoms with E-state index in [0.29, 0.717) is 5.56 Å². The Morgan fingerprint density at radius 1 is 1.25 bits per heavy atom. The molecule has 1 aromatic heterocycles. The van der Waals surface area contributed by atoms with Crippen molar-refractivity contribution in [3.05, 3.63) is 35.7 Å². The average molecular weight is 280 g/mol. The largest absolute Gasteiger partial charge is 0.339 e. The smallest absolute Gasteiger partial charge is 0.234 e. The van der Waals surface area contributed by atoms with Crippen LogP contribution in [0.4, 0.5) is 8.78 Å². The van der Waals surface area contributed by atoms with E-state index in [0.717, 1.165) is 12.1 Å². The molecule has 0 aliphatic carbocycles. The van der Waals surface area contributed by atoms with Gasteiger partial charge in [0.25, 0.3) is 0 Å². The van der Waals surface area contributed by atoms with Crippen LogP contribution in [0, 0.1) is 17.0 Å². The van der Waals surface area contributed by atoms with Gasteiger partial charge in [-0.1, -0.05) is 25.9 Å². The van der Waals surface area contributed by atoms with E-state index in [9.17, 15) is 13.6 Å². The molecule has 0 atom stereocenters. The number of carbonyl (C=O) groups excluding carboxylic acids is 1. The second-order valence-electron chi connectivity index (χ2n) is 5.49. The lowest BCUT2D eigenvalue weighted by Crippen LogP contribution is -2.22. The highest BCUT2D eigenvalue weighted by Gasteiger charge is 2.24. The maximum absolute atomic E-state index is 13.1. The van der Waals surface area contributed by atoms with Crippen LogP contribution in [0.1, 0.15) is 26.7 Å². The van der Waals surface area contributed by atoms with Gasteiger partial charge < -0.3 is 4.52 Å². The highest BCUT2D eigenvalue weighted by molar-refractivity contribution is 5.85. The number of ketones is 1. The molecule has 1 heterocycles. The van der Waals surface area contributed by atoms with Crippen molar-refractivity contribution in [3.8, 4) is 11.4 Å². The number of halogens is 2. The Balaban J connectivity index is 2.21. The zero-order chi connectivity index (χ0) is 14.9. The fourth-order valence-electron chi connectivity index (χ4n) is 1.48. The fraction of sp³-hybridized carbons (Fsp3) is 0.357. The van der Waals surface area contributed by atoms with Crippen LogP contribution in [0.5, 0.6) is 0 Å². The monoisotopic (exact) mass is 280 g/mol. The number of benzene rings is 1. The Hall–Kier alpha value is -2.11. The van der Waals surface area contributed by atoms with Gasteiger partial charge in [0.05, 0.1) is 6.42 Å². The third kappa shape index (κ3) is 3.07. The third-order valence-corrected chi connectivity index (χ3v) is 2.79. The van der Waals surface area contributed by atoms with Crippen LogP contribution in [-0.2, 0) is 11.2 Å². The van der Waals surface area contributed by atoms with Crippen molar-refractivity contribution in [1.29, 1.82) is 0 Å². The second kappa shape index (κ2) is 5.11. The molecule has 1 aromatic carbocycles. The van der Waals surface area contributed by atoms with E-state index in [4.69, 9.17) is 4.52 Å². The van der Waals surface area contributed by atoms with Crippen molar-refractivity contribution in [1.82, 2.24) is 10.1 Å². The number of rotatable bonds is 3. The van der Waals surface area contributed by atoms with Crippen LogP contribution in [0.2, 0.25) is 0 Å². The van der Waals surface area contributed by atoms with Gasteiger partial charge in [0.1, 0.15) is 5.78 Å². The van der Waals surface area contributed by atoms with Crippen molar-refractivity contribution < 1.29 is 18.1 Å². The Morgan fingerprint density at radius 2 is 1.95 bits per heavy atom. The SMILES string of the molecule is CC(C)(C)C(=O)Cc1nc(-c2ccc(F)c(F)c2)no1. The van der Waals surface area contributed by atoms with Crippen LogP contribution in [-0.4, -0.2) is 15.9 Å². The molecule has 20 heavy (non-hydrogen) atoms. The van der Waals surface area contributed by atoms with Crippen molar-refractivity contribution in [2.45, 2.75) is 27.2 Å². The lowest BCUT2D eigenvalue weighted by molar-refractivity contribution is -0.125. The summed E-state index contributed by atoms with van der Waals surface area (Å²) in [7, 11) is 0.